The molecule has 6 heteroatoms. The summed E-state index contributed by atoms with van der Waals surface area (Å²) in [5.41, 5.74) is 0.346. The molecule has 0 saturated carbocycles. The van der Waals surface area contributed by atoms with Crippen LogP contribution in [0.4, 0.5) is 0 Å². The molecule has 2 aliphatic rings. The molecule has 2 aliphatic heterocycles. The predicted octanol–water partition coefficient (Wildman–Crippen LogP) is 0.956. The van der Waals surface area contributed by atoms with Crippen LogP contribution in [0.25, 0.3) is 0 Å². The number of nitrogens with one attached hydrogen (secondary N) is 2. The Kier molecular flexibility index (Phi) is 4.49. The van der Waals surface area contributed by atoms with Gasteiger partial charge in [-0.25, -0.2) is 0 Å². The Labute approximate surface area is 130 Å². The summed E-state index contributed by atoms with van der Waals surface area (Å²) in [7, 11) is 1.68. The van der Waals surface area contributed by atoms with E-state index in [-0.39, 0.29) is 11.4 Å². The zero-order valence-corrected chi connectivity index (χ0v) is 12.8. The molecule has 0 bridgehead atoms. The van der Waals surface area contributed by atoms with Crippen LogP contribution in [0.15, 0.2) is 18.2 Å². The minimum Gasteiger partial charge on any atom is -0.486 e. The molecule has 1 aromatic carbocycles. The van der Waals surface area contributed by atoms with Crippen molar-refractivity contribution in [1.82, 2.24) is 10.6 Å². The monoisotopic (exact) mass is 306 g/mol. The van der Waals surface area contributed by atoms with Gasteiger partial charge in [-0.1, -0.05) is 6.07 Å². The molecule has 0 aliphatic carbocycles. The van der Waals surface area contributed by atoms with Gasteiger partial charge in [0.2, 0.25) is 0 Å². The largest absolute Gasteiger partial charge is 0.486 e. The Hall–Kier alpha value is -1.79. The third-order valence-corrected chi connectivity index (χ3v) is 4.15. The highest BCUT2D eigenvalue weighted by Crippen LogP contribution is 2.33. The molecule has 0 radical (unpaired) electrons. The van der Waals surface area contributed by atoms with Crippen molar-refractivity contribution >= 4 is 5.91 Å². The van der Waals surface area contributed by atoms with E-state index >= 15 is 0 Å². The Bertz CT molecular complexity index is 541. The Morgan fingerprint density at radius 1 is 1.41 bits per heavy atom. The molecule has 1 saturated heterocycles. The molecule has 6 nitrogen and oxygen atoms in total. The number of para-hydroxylation sites is 1. The average Bonchev–Trinajstić information content (AvgIpc) is 3.01. The van der Waals surface area contributed by atoms with Gasteiger partial charge in [0.15, 0.2) is 11.5 Å². The van der Waals surface area contributed by atoms with Crippen molar-refractivity contribution < 1.29 is 19.0 Å². The maximum atomic E-state index is 12.5. The summed E-state index contributed by atoms with van der Waals surface area (Å²) in [6.45, 7) is 3.05. The molecule has 120 valence electrons. The second-order valence-corrected chi connectivity index (χ2v) is 5.76. The van der Waals surface area contributed by atoms with Crippen molar-refractivity contribution in [2.24, 2.45) is 0 Å². The smallest absolute Gasteiger partial charge is 0.255 e. The van der Waals surface area contributed by atoms with Crippen molar-refractivity contribution in [2.45, 2.75) is 18.4 Å². The summed E-state index contributed by atoms with van der Waals surface area (Å²) in [5.74, 6) is 1.02. The predicted molar refractivity (Wildman–Crippen MR) is 81.6 cm³/mol. The number of methoxy groups -OCH3 is 1. The van der Waals surface area contributed by atoms with Crippen LogP contribution in [-0.2, 0) is 4.74 Å². The average molecular weight is 306 g/mol. The number of ether oxygens (including phenoxy) is 3. The fraction of sp³-hybridized carbons (Fsp3) is 0.562. The van der Waals surface area contributed by atoms with E-state index in [9.17, 15) is 4.79 Å². The molecule has 0 spiro atoms. The van der Waals surface area contributed by atoms with Crippen molar-refractivity contribution in [3.05, 3.63) is 23.8 Å². The van der Waals surface area contributed by atoms with Crippen LogP contribution in [-0.4, -0.2) is 51.5 Å². The third kappa shape index (κ3) is 3.03. The summed E-state index contributed by atoms with van der Waals surface area (Å²) in [4.78, 5) is 12.5. The Morgan fingerprint density at radius 2 is 2.27 bits per heavy atom. The van der Waals surface area contributed by atoms with Crippen molar-refractivity contribution in [3.8, 4) is 11.5 Å². The zero-order valence-electron chi connectivity index (χ0n) is 12.8. The number of benzene rings is 1. The maximum Gasteiger partial charge on any atom is 0.255 e. The number of hydrogen-bond donors (Lipinski definition) is 2. The van der Waals surface area contributed by atoms with Gasteiger partial charge in [-0.05, 0) is 31.5 Å². The minimum atomic E-state index is -0.170. The lowest BCUT2D eigenvalue weighted by Gasteiger charge is -2.29. The van der Waals surface area contributed by atoms with Gasteiger partial charge in [0.05, 0.1) is 17.7 Å². The van der Waals surface area contributed by atoms with Crippen LogP contribution in [0, 0.1) is 0 Å². The summed E-state index contributed by atoms with van der Waals surface area (Å²) in [5, 5.41) is 6.44. The van der Waals surface area contributed by atoms with Gasteiger partial charge >= 0.3 is 0 Å². The maximum absolute atomic E-state index is 12.5. The van der Waals surface area contributed by atoms with Crippen molar-refractivity contribution in [3.63, 3.8) is 0 Å². The first-order valence-electron chi connectivity index (χ1n) is 7.65. The van der Waals surface area contributed by atoms with E-state index in [1.807, 2.05) is 6.07 Å². The first kappa shape index (κ1) is 15.1. The first-order chi connectivity index (χ1) is 10.7. The molecule has 1 atom stereocenters. The Morgan fingerprint density at radius 3 is 3.05 bits per heavy atom. The van der Waals surface area contributed by atoms with E-state index in [0.717, 1.165) is 19.4 Å². The molecule has 0 aromatic heterocycles. The van der Waals surface area contributed by atoms with Gasteiger partial charge < -0.3 is 24.8 Å². The third-order valence-electron chi connectivity index (χ3n) is 4.15. The summed E-state index contributed by atoms with van der Waals surface area (Å²) < 4.78 is 16.4. The summed E-state index contributed by atoms with van der Waals surface area (Å²) >= 11 is 0. The normalized spacial score (nSPS) is 23.3. The second-order valence-electron chi connectivity index (χ2n) is 5.76. The molecule has 22 heavy (non-hydrogen) atoms. The molecule has 1 unspecified atom stereocenters. The minimum absolute atomic E-state index is 0.147. The van der Waals surface area contributed by atoms with Crippen LogP contribution in [0.3, 0.4) is 0 Å². The Balaban J connectivity index is 1.70. The SMILES string of the molecule is COCC1(CNC(=O)c2cccc3c2OCCO3)CCCN1. The standard InChI is InChI=1S/C16H22N2O4/c1-20-11-16(6-3-7-18-16)10-17-15(19)12-4-2-5-13-14(12)22-9-8-21-13/h2,4-5,18H,3,6-11H2,1H3,(H,17,19). The highest BCUT2D eigenvalue weighted by atomic mass is 16.6. The number of fused-ring (bicyclic) bond motifs is 1. The molecule has 1 amide bonds. The highest BCUT2D eigenvalue weighted by Gasteiger charge is 2.34. The van der Waals surface area contributed by atoms with E-state index < -0.39 is 0 Å². The molecule has 1 aromatic rings. The molecule has 3 rings (SSSR count). The lowest BCUT2D eigenvalue weighted by Crippen LogP contribution is -2.53. The van der Waals surface area contributed by atoms with Crippen molar-refractivity contribution in [1.29, 1.82) is 0 Å². The van der Waals surface area contributed by atoms with E-state index in [2.05, 4.69) is 10.6 Å². The van der Waals surface area contributed by atoms with Gasteiger partial charge in [-0.3, -0.25) is 4.79 Å². The first-order valence-corrected chi connectivity index (χ1v) is 7.65. The number of rotatable bonds is 5. The van der Waals surface area contributed by atoms with Crippen LogP contribution >= 0.6 is 0 Å². The highest BCUT2D eigenvalue weighted by molar-refractivity contribution is 5.97. The van der Waals surface area contributed by atoms with Crippen LogP contribution in [0.2, 0.25) is 0 Å². The lowest BCUT2D eigenvalue weighted by molar-refractivity contribution is 0.0883. The number of amides is 1. The van der Waals surface area contributed by atoms with Gasteiger partial charge in [0, 0.05) is 13.7 Å². The van der Waals surface area contributed by atoms with E-state index in [1.165, 1.54) is 0 Å². The summed E-state index contributed by atoms with van der Waals surface area (Å²) in [6.07, 6.45) is 2.09. The van der Waals surface area contributed by atoms with Crippen molar-refractivity contribution in [2.75, 3.05) is 40.0 Å². The fourth-order valence-corrected chi connectivity index (χ4v) is 3.07. The van der Waals surface area contributed by atoms with Gasteiger partial charge in [0.1, 0.15) is 13.2 Å². The fourth-order valence-electron chi connectivity index (χ4n) is 3.07. The summed E-state index contributed by atoms with van der Waals surface area (Å²) in [6, 6.07) is 5.38. The topological polar surface area (TPSA) is 68.8 Å². The van der Waals surface area contributed by atoms with Crippen LogP contribution < -0.4 is 20.1 Å². The molecule has 2 N–H and O–H groups in total. The lowest BCUT2D eigenvalue weighted by atomic mass is 9.98. The van der Waals surface area contributed by atoms with E-state index in [0.29, 0.717) is 43.4 Å². The number of carbonyl (C=O) groups is 1. The second kappa shape index (κ2) is 6.54. The van der Waals surface area contributed by atoms with Gasteiger partial charge in [0.25, 0.3) is 5.91 Å². The van der Waals surface area contributed by atoms with E-state index in [1.54, 1.807) is 19.2 Å². The number of hydrogen-bond acceptors (Lipinski definition) is 5. The van der Waals surface area contributed by atoms with Crippen LogP contribution in [0.5, 0.6) is 11.5 Å². The molecule has 2 heterocycles. The van der Waals surface area contributed by atoms with E-state index in [4.69, 9.17) is 14.2 Å². The molecule has 1 fully saturated rings. The van der Waals surface area contributed by atoms with Crippen LogP contribution in [0.1, 0.15) is 23.2 Å². The van der Waals surface area contributed by atoms with Gasteiger partial charge in [-0.2, -0.15) is 0 Å². The number of carbonyl (C=O) groups excluding carboxylic acids is 1. The molecular weight excluding hydrogens is 284 g/mol. The quantitative estimate of drug-likeness (QED) is 0.848. The molecular formula is C16H22N2O4. The zero-order chi connectivity index (χ0) is 15.4. The van der Waals surface area contributed by atoms with Gasteiger partial charge in [-0.15, -0.1) is 0 Å².